The molecule has 6 N–H and O–H groups in total. The number of aromatic carboxylic acids is 1. The number of carbonyl (C=O) groups is 6. The predicted octanol–water partition coefficient (Wildman–Crippen LogP) is 16.9. The van der Waals surface area contributed by atoms with Crippen LogP contribution in [0, 0.1) is 20.8 Å². The molecule has 0 unspecified atom stereocenters. The zero-order valence-electron chi connectivity index (χ0n) is 80.2. The first-order valence-electron chi connectivity index (χ1n) is 45.9. The number of amides is 5. The van der Waals surface area contributed by atoms with Gasteiger partial charge in [0.25, 0.3) is 0 Å². The summed E-state index contributed by atoms with van der Waals surface area (Å²) in [7, 11) is 0. The van der Waals surface area contributed by atoms with E-state index >= 15 is 0 Å². The van der Waals surface area contributed by atoms with Crippen molar-refractivity contribution in [1.29, 1.82) is 0 Å². The normalized spacial score (nSPS) is 14.0. The molecule has 5 aliphatic rings. The molecule has 5 amide bonds. The molecule has 2 fully saturated rings. The molecular formula is C102H108F9LiN16O15. The van der Waals surface area contributed by atoms with Crippen LogP contribution in [0.1, 0.15) is 188 Å². The largest absolute Gasteiger partial charge is 1.00 e. The number of urea groups is 2. The van der Waals surface area contributed by atoms with Crippen LogP contribution in [-0.4, -0.2) is 180 Å². The number of ether oxygens (including phenoxy) is 5. The molecule has 0 spiro atoms. The number of halogens is 9. The van der Waals surface area contributed by atoms with Gasteiger partial charge >= 0.3 is 73.5 Å². The molecule has 6 aromatic carbocycles. The maximum Gasteiger partial charge on any atom is 1.00 e. The number of phenolic OH excluding ortho intramolecular Hbond substituents is 1. The summed E-state index contributed by atoms with van der Waals surface area (Å²) >= 11 is 0. The van der Waals surface area contributed by atoms with E-state index in [2.05, 4.69) is 80.1 Å². The monoisotopic (exact) mass is 1970 g/mol. The average Bonchev–Trinajstić information content (AvgIpc) is 1.64. The van der Waals surface area contributed by atoms with Crippen LogP contribution in [0.15, 0.2) is 193 Å². The number of benzene rings is 6. The third-order valence-corrected chi connectivity index (χ3v) is 23.1. The van der Waals surface area contributed by atoms with Gasteiger partial charge in [-0.25, -0.2) is 57.8 Å². The molecule has 2 saturated heterocycles. The Labute approximate surface area is 830 Å². The Bertz CT molecular complexity index is 6490. The second-order valence-corrected chi connectivity index (χ2v) is 34.8. The molecule has 143 heavy (non-hydrogen) atoms. The maximum atomic E-state index is 14.0. The smallest absolute Gasteiger partial charge is 0.870 e. The van der Waals surface area contributed by atoms with E-state index in [-0.39, 0.29) is 91.2 Å². The van der Waals surface area contributed by atoms with Crippen molar-refractivity contribution in [2.75, 3.05) is 59.0 Å². The minimum Gasteiger partial charge on any atom is -0.870 e. The van der Waals surface area contributed by atoms with Crippen LogP contribution in [0.25, 0.3) is 51.2 Å². The van der Waals surface area contributed by atoms with Crippen molar-refractivity contribution < 1.29 is 132 Å². The van der Waals surface area contributed by atoms with Gasteiger partial charge in [-0.05, 0) is 249 Å². The number of hydrogen-bond acceptors (Lipinski definition) is 22. The van der Waals surface area contributed by atoms with Crippen molar-refractivity contribution in [1.82, 2.24) is 69.6 Å². The van der Waals surface area contributed by atoms with Gasteiger partial charge in [-0.2, -0.15) is 54.8 Å². The van der Waals surface area contributed by atoms with E-state index in [0.717, 1.165) is 161 Å². The van der Waals surface area contributed by atoms with E-state index in [1.165, 1.54) is 72.0 Å². The molecule has 41 heteroatoms. The number of aliphatic hydroxyl groups excluding tert-OH is 1. The van der Waals surface area contributed by atoms with Gasteiger partial charge in [0.1, 0.15) is 52.8 Å². The summed E-state index contributed by atoms with van der Waals surface area (Å²) in [5.41, 5.74) is 9.12. The molecule has 0 radical (unpaired) electrons. The minimum absolute atomic E-state index is 0. The van der Waals surface area contributed by atoms with Crippen molar-refractivity contribution in [2.45, 2.75) is 177 Å². The zero-order valence-corrected chi connectivity index (χ0v) is 80.2. The molecule has 0 aliphatic carbocycles. The van der Waals surface area contributed by atoms with Gasteiger partial charge in [0.15, 0.2) is 34.5 Å². The van der Waals surface area contributed by atoms with E-state index in [9.17, 15) is 78.5 Å². The number of aryl methyl sites for hydroxylation is 3. The van der Waals surface area contributed by atoms with Gasteiger partial charge in [0, 0.05) is 69.0 Å². The Hall–Kier alpha value is -14.2. The quantitative estimate of drug-likeness (QED) is 0.0175. The number of carboxylic acid groups (broad SMARTS) is 1. The molecule has 750 valence electrons. The number of esters is 2. The van der Waals surface area contributed by atoms with Crippen molar-refractivity contribution >= 4 is 36.1 Å². The maximum absolute atomic E-state index is 14.0. The number of piperidine rings is 2. The number of pyridine rings is 3. The fraction of sp³-hybridized carbons (Fsp3) is 0.353. The number of nitrogens with zero attached hydrogens (tertiary/aromatic N) is 14. The first-order valence-corrected chi connectivity index (χ1v) is 45.9. The molecular weight excluding hydrogens is 1870 g/mol. The van der Waals surface area contributed by atoms with Crippen LogP contribution in [0.5, 0.6) is 17.2 Å². The SMILES string of the molecule is CC(C)(C)OC(=O)N1CCc2cc(CO)ccc2C1.CCOC(=O)c1cnn(-c2cccc(-c3cc(C)ccc3O)n2)c1C(F)(F)F.CCOC(=O)c1cnn(-c2cccc(-c3cc(C)ccc3OCc3ccc4c(c3)CCNC4)n2)c1C(F)(F)F.Cc1ccc(OCc2ccc3c(c2)CCNC3)c(-c2cccc(-n3ncc(C(=O)O)c3C(F)(F)F)n2)c1.O=C(N=NC(=O)N1CCCCC1)N1CCCCC1.[Li+].[OH-]. The summed E-state index contributed by atoms with van der Waals surface area (Å²) in [6.45, 7) is 22.6. The number of carboxylic acids is 1. The van der Waals surface area contributed by atoms with Crippen LogP contribution in [0.3, 0.4) is 0 Å². The number of azo groups is 1. The molecule has 0 saturated carbocycles. The number of likely N-dealkylation sites (tertiary alicyclic amines) is 2. The van der Waals surface area contributed by atoms with Gasteiger partial charge < -0.3 is 69.8 Å². The Kier molecular flexibility index (Phi) is 37.4. The number of nitrogens with one attached hydrogen (secondary N) is 2. The summed E-state index contributed by atoms with van der Waals surface area (Å²) in [6, 6.07) is 47.3. The molecule has 6 aromatic heterocycles. The number of fused-ring (bicyclic) bond motifs is 3. The van der Waals surface area contributed by atoms with E-state index in [1.54, 1.807) is 63.2 Å². The summed E-state index contributed by atoms with van der Waals surface area (Å²) < 4.78 is 153. The number of phenols is 1. The van der Waals surface area contributed by atoms with Crippen LogP contribution >= 0.6 is 0 Å². The molecule has 31 nitrogen and oxygen atoms in total. The van der Waals surface area contributed by atoms with Crippen LogP contribution in [0.4, 0.5) is 53.9 Å². The van der Waals surface area contributed by atoms with E-state index in [4.69, 9.17) is 24.1 Å². The standard InChI is InChI=1S/C29H27F3N4O3.C27H23F3N4O3.C19H16F3N3O3.C15H21NO3.C12H20N4O2.Li.H2O/c1-3-38-28(37)23-16-34-36(27(23)29(30,31)32)26-6-4-5-24(35-26)22-13-18(2)7-10-25(22)39-17-19-8-9-21-15-33-12-11-20(21)14-19;1-16-5-8-23(37-15-17-6-7-19-13-31-10-9-18(19)12-17)20(11-16)22-3-2-4-24(33-22)34-25(27(28,29)30)21(14-32-34)26(35)36;1-3-28-18(27)13-10-23-25(17(13)19(20,21)22)16-6-4-5-14(24-16)12-9-11(2)7-8-15(12)26;1-15(2,3)19-14(18)16-7-6-12-8-11(10-17)4-5-13(12)9-16;17-11(15-7-3-1-4-8-15)13-14-12(18)16-9-5-2-6-10-16;;/h4-10,13-14,16,33H,3,11-12,15,17H2,1-2H3;2-8,11-12,14,31H,9-10,13,15H2,1H3,(H,35,36);4-10,26H,3H2,1-2H3;4-5,8,17H,6-7,9-10H2,1-3H3;1-10H2;;1H2/q;;;;;+1;/p-1. The van der Waals surface area contributed by atoms with Gasteiger partial charge in [-0.1, -0.05) is 118 Å². The summed E-state index contributed by atoms with van der Waals surface area (Å²) in [5.74, 6) is -3.32. The Balaban J connectivity index is 0.000000175. The summed E-state index contributed by atoms with van der Waals surface area (Å²) in [6.07, 6.45) is -3.49. The third-order valence-electron chi connectivity index (χ3n) is 23.1. The van der Waals surface area contributed by atoms with Crippen LogP contribution < -0.4 is 39.0 Å². The number of rotatable bonds is 18. The Morgan fingerprint density at radius 1 is 0.441 bits per heavy atom. The molecule has 0 atom stereocenters. The van der Waals surface area contributed by atoms with Crippen molar-refractivity contribution in [3.8, 4) is 68.5 Å². The minimum atomic E-state index is -4.94. The van der Waals surface area contributed by atoms with Gasteiger partial charge in [-0.15, -0.1) is 0 Å². The molecule has 0 bridgehead atoms. The molecule has 12 aromatic rings. The van der Waals surface area contributed by atoms with Gasteiger partial charge in [-0.3, -0.25) is 0 Å². The van der Waals surface area contributed by atoms with Crippen molar-refractivity contribution in [3.63, 3.8) is 0 Å². The first-order chi connectivity index (χ1) is 67.3. The summed E-state index contributed by atoms with van der Waals surface area (Å²) in [5, 5.41) is 53.4. The Morgan fingerprint density at radius 2 is 0.818 bits per heavy atom. The predicted molar refractivity (Wildman–Crippen MR) is 504 cm³/mol. The summed E-state index contributed by atoms with van der Waals surface area (Å²) in [4.78, 5) is 88.9. The topological polar surface area (TPSA) is 390 Å². The molecule has 11 heterocycles. The number of hydrogen-bond donors (Lipinski definition) is 5. The van der Waals surface area contributed by atoms with E-state index < -0.39 is 75.8 Å². The molecule has 17 rings (SSSR count). The van der Waals surface area contributed by atoms with Gasteiger partial charge in [0.2, 0.25) is 0 Å². The fourth-order valence-electron chi connectivity index (χ4n) is 16.3. The van der Waals surface area contributed by atoms with Crippen molar-refractivity contribution in [2.24, 2.45) is 10.2 Å². The van der Waals surface area contributed by atoms with Crippen molar-refractivity contribution in [3.05, 3.63) is 283 Å². The third kappa shape index (κ3) is 28.6. The second-order valence-electron chi connectivity index (χ2n) is 34.8. The van der Waals surface area contributed by atoms with Crippen LogP contribution in [0.2, 0.25) is 0 Å². The van der Waals surface area contributed by atoms with Crippen LogP contribution in [-0.2, 0) is 91.5 Å². The van der Waals surface area contributed by atoms with E-state index in [0.29, 0.717) is 86.1 Å². The number of carbonyl (C=O) groups excluding carboxylic acids is 5. The molecule has 5 aliphatic heterocycles. The Morgan fingerprint density at radius 3 is 1.22 bits per heavy atom. The zero-order chi connectivity index (χ0) is 101. The second kappa shape index (κ2) is 49.0. The fourth-order valence-corrected chi connectivity index (χ4v) is 16.3. The average molecular weight is 1980 g/mol. The van der Waals surface area contributed by atoms with Gasteiger partial charge in [0.05, 0.1) is 55.5 Å². The number of aromatic nitrogens is 9. The first kappa shape index (κ1) is 109. The number of aliphatic hydroxyl groups is 1. The number of aromatic hydroxyl groups is 1. The number of alkyl halides is 9. The van der Waals surface area contributed by atoms with E-state index in [1.807, 2.05) is 102 Å².